The molecule has 16 aromatic carbocycles. The number of aryl methyl sites for hydroxylation is 4. The summed E-state index contributed by atoms with van der Waals surface area (Å²) in [5.74, 6) is 0. The zero-order valence-electron chi connectivity index (χ0n) is 74.3. The van der Waals surface area contributed by atoms with Crippen molar-refractivity contribution >= 4 is 200 Å². The highest BCUT2D eigenvalue weighted by Gasteiger charge is 2.34. The SMILES string of the molecule is Cc1ccc(N(c2ccc(C(C)(C)C)cc2)c2cc3oc4cc(N(c5ccc(C)cc5)c5ccc(C(C)(C)C)cc5)c5c6ccccc6oc5c4c3c3c2oc2ccccc23)cc1.Cc1cccc(N(c2ccc(C(C)(C)C)cc2)c2cc3oc4cc(N(c5ccc(C(C)(C)C)cc5)c5cccc(C)c5)c5c6ccccc6oc5c4c3c3c2oc2ccccc23)c1. The number of benzene rings is 16. The van der Waals surface area contributed by atoms with Crippen molar-refractivity contribution in [2.24, 2.45) is 0 Å². The van der Waals surface area contributed by atoms with Crippen LogP contribution in [0.4, 0.5) is 68.2 Å². The molecule has 0 N–H and O–H groups in total. The third-order valence-electron chi connectivity index (χ3n) is 25.3. The van der Waals surface area contributed by atoms with Gasteiger partial charge < -0.3 is 46.1 Å². The quantitative estimate of drug-likeness (QED) is 0.118. The molecule has 6 aromatic heterocycles. The highest BCUT2D eigenvalue weighted by Crippen LogP contribution is 2.57. The van der Waals surface area contributed by atoms with Crippen molar-refractivity contribution in [3.8, 4) is 0 Å². The van der Waals surface area contributed by atoms with Crippen molar-refractivity contribution in [1.82, 2.24) is 0 Å². The molecular formula is C116H100N4O6. The summed E-state index contributed by atoms with van der Waals surface area (Å²) in [5, 5.41) is 11.9. The number of anilines is 12. The Labute approximate surface area is 733 Å². The normalized spacial score (nSPS) is 12.4. The van der Waals surface area contributed by atoms with Crippen molar-refractivity contribution in [1.29, 1.82) is 0 Å². The Balaban J connectivity index is 0.000000154. The third-order valence-corrected chi connectivity index (χ3v) is 25.3. The van der Waals surface area contributed by atoms with Gasteiger partial charge in [-0.2, -0.15) is 0 Å². The summed E-state index contributed by atoms with van der Waals surface area (Å²) in [5.41, 5.74) is 31.2. The summed E-state index contributed by atoms with van der Waals surface area (Å²) < 4.78 is 42.6. The second-order valence-corrected chi connectivity index (χ2v) is 38.4. The van der Waals surface area contributed by atoms with Gasteiger partial charge in [-0.15, -0.1) is 0 Å². The average Bonchev–Trinajstić information content (AvgIpc) is 1.54. The minimum Gasteiger partial charge on any atom is -0.456 e. The van der Waals surface area contributed by atoms with Gasteiger partial charge in [0.25, 0.3) is 0 Å². The molecule has 0 atom stereocenters. The molecule has 10 heteroatoms. The summed E-state index contributed by atoms with van der Waals surface area (Å²) >= 11 is 0. The third kappa shape index (κ3) is 13.5. The Kier molecular flexibility index (Phi) is 18.5. The Hall–Kier alpha value is -14.5. The molecule has 0 saturated carbocycles. The van der Waals surface area contributed by atoms with Gasteiger partial charge in [-0.05, 0) is 204 Å². The molecule has 620 valence electrons. The van der Waals surface area contributed by atoms with E-state index in [1.165, 1.54) is 44.5 Å². The molecule has 6 heterocycles. The van der Waals surface area contributed by atoms with Crippen LogP contribution in [0.2, 0.25) is 0 Å². The van der Waals surface area contributed by atoms with Crippen molar-refractivity contribution in [2.75, 3.05) is 19.6 Å². The molecule has 0 amide bonds. The molecule has 126 heavy (non-hydrogen) atoms. The molecule has 0 spiro atoms. The van der Waals surface area contributed by atoms with Gasteiger partial charge in [-0.25, -0.2) is 0 Å². The lowest BCUT2D eigenvalue weighted by Crippen LogP contribution is -2.13. The zero-order valence-corrected chi connectivity index (χ0v) is 74.3. The van der Waals surface area contributed by atoms with Gasteiger partial charge in [0.15, 0.2) is 11.2 Å². The van der Waals surface area contributed by atoms with E-state index in [4.69, 9.17) is 26.5 Å². The molecule has 0 aliphatic heterocycles. The first-order valence-electron chi connectivity index (χ1n) is 43.8. The standard InChI is InChI=1S/2C58H50N2O3/c1-35-15-13-17-41(31-35)59(39-27-23-37(24-28-39)57(3,4)5)45-33-50-54(56-51(45)43-19-9-11-21-47(43)63-56)53-49(61-50)34-46(55-52(53)44-20-10-12-22-48(44)62-55)60(42-18-14-16-36(2)32-42)40-29-25-38(26-30-40)58(6,7)8;1-35-17-25-39(26-18-35)59(41-29-21-37(22-30-41)57(3,4)5)45-33-50-54(56-51(45)43-13-9-11-15-47(43)63-56)53-49(61-50)34-46(55-52(53)44-14-10-12-16-48(44)62-55)60(40-27-19-36(2)20-28-40)42-31-23-38(24-32-42)58(6,7)8/h2*9-34H,1-8H3. The topological polar surface area (TPSA) is 91.8 Å². The van der Waals surface area contributed by atoms with Crippen LogP contribution in [0.25, 0.3) is 132 Å². The maximum Gasteiger partial charge on any atom is 0.160 e. The highest BCUT2D eigenvalue weighted by atomic mass is 16.4. The lowest BCUT2D eigenvalue weighted by Gasteiger charge is -2.28. The maximum atomic E-state index is 7.23. The monoisotopic (exact) mass is 1640 g/mol. The van der Waals surface area contributed by atoms with E-state index in [9.17, 15) is 0 Å². The van der Waals surface area contributed by atoms with Crippen molar-refractivity contribution in [2.45, 2.75) is 132 Å². The molecule has 22 rings (SSSR count). The Bertz CT molecular complexity index is 8020. The van der Waals surface area contributed by atoms with Gasteiger partial charge in [0.2, 0.25) is 0 Å². The molecule has 0 aliphatic carbocycles. The van der Waals surface area contributed by atoms with Crippen LogP contribution in [0.5, 0.6) is 0 Å². The molecular weight excluding hydrogens is 1550 g/mol. The Morgan fingerprint density at radius 3 is 0.722 bits per heavy atom. The van der Waals surface area contributed by atoms with Crippen LogP contribution in [0.1, 0.15) is 128 Å². The van der Waals surface area contributed by atoms with Crippen LogP contribution in [0.15, 0.2) is 342 Å². The van der Waals surface area contributed by atoms with E-state index in [0.717, 1.165) is 200 Å². The second kappa shape index (κ2) is 29.6. The number of rotatable bonds is 12. The number of furan rings is 6. The fourth-order valence-electron chi connectivity index (χ4n) is 18.7. The largest absolute Gasteiger partial charge is 0.456 e. The van der Waals surface area contributed by atoms with E-state index < -0.39 is 0 Å². The molecule has 22 aromatic rings. The summed E-state index contributed by atoms with van der Waals surface area (Å²) in [6.07, 6.45) is 0. The Morgan fingerprint density at radius 1 is 0.175 bits per heavy atom. The summed E-state index contributed by atoms with van der Waals surface area (Å²) in [4.78, 5) is 9.30. The van der Waals surface area contributed by atoms with Crippen molar-refractivity contribution in [3.05, 3.63) is 360 Å². The number of hydrogen-bond donors (Lipinski definition) is 0. The predicted molar refractivity (Wildman–Crippen MR) is 529 cm³/mol. The van der Waals surface area contributed by atoms with E-state index in [0.29, 0.717) is 0 Å². The van der Waals surface area contributed by atoms with Gasteiger partial charge in [0.05, 0.1) is 44.3 Å². The second-order valence-electron chi connectivity index (χ2n) is 38.4. The first kappa shape index (κ1) is 78.8. The van der Waals surface area contributed by atoms with Gasteiger partial charge >= 0.3 is 0 Å². The average molecular weight is 1650 g/mol. The van der Waals surface area contributed by atoms with Gasteiger partial charge in [0.1, 0.15) is 55.8 Å². The van der Waals surface area contributed by atoms with E-state index >= 15 is 0 Å². The predicted octanol–water partition coefficient (Wildman–Crippen LogP) is 35.1. The number of fused-ring (bicyclic) bond motifs is 22. The number of hydrogen-bond acceptors (Lipinski definition) is 10. The van der Waals surface area contributed by atoms with Crippen LogP contribution in [0, 0.1) is 27.7 Å². The van der Waals surface area contributed by atoms with E-state index in [2.05, 4.69) is 422 Å². The first-order chi connectivity index (χ1) is 60.6. The van der Waals surface area contributed by atoms with Gasteiger partial charge in [0, 0.05) is 113 Å². The molecule has 0 aliphatic rings. The molecule has 0 radical (unpaired) electrons. The molecule has 0 saturated heterocycles. The zero-order chi connectivity index (χ0) is 86.7. The fourth-order valence-corrected chi connectivity index (χ4v) is 18.7. The van der Waals surface area contributed by atoms with Crippen LogP contribution in [0.3, 0.4) is 0 Å². The van der Waals surface area contributed by atoms with Gasteiger partial charge in [-0.3, -0.25) is 0 Å². The molecule has 0 unspecified atom stereocenters. The smallest absolute Gasteiger partial charge is 0.160 e. The van der Waals surface area contributed by atoms with E-state index in [-0.39, 0.29) is 21.7 Å². The van der Waals surface area contributed by atoms with E-state index in [1.54, 1.807) is 0 Å². The lowest BCUT2D eigenvalue weighted by atomic mass is 9.87. The van der Waals surface area contributed by atoms with Crippen molar-refractivity contribution < 1.29 is 26.5 Å². The van der Waals surface area contributed by atoms with Crippen LogP contribution < -0.4 is 19.6 Å². The van der Waals surface area contributed by atoms with E-state index in [1.807, 2.05) is 24.3 Å². The van der Waals surface area contributed by atoms with Crippen LogP contribution >= 0.6 is 0 Å². The molecule has 0 fully saturated rings. The minimum absolute atomic E-state index is 0.0114. The highest BCUT2D eigenvalue weighted by molar-refractivity contribution is 6.37. The Morgan fingerprint density at radius 2 is 0.421 bits per heavy atom. The fraction of sp³-hybridized carbons (Fsp3) is 0.172. The van der Waals surface area contributed by atoms with Crippen molar-refractivity contribution in [3.63, 3.8) is 0 Å². The molecule has 10 nitrogen and oxygen atoms in total. The first-order valence-corrected chi connectivity index (χ1v) is 43.8. The number of nitrogens with zero attached hydrogens (tertiary/aromatic N) is 4. The summed E-state index contributed by atoms with van der Waals surface area (Å²) in [7, 11) is 0. The molecule has 0 bridgehead atoms. The minimum atomic E-state index is 0.0114. The summed E-state index contributed by atoms with van der Waals surface area (Å²) in [6, 6.07) is 113. The van der Waals surface area contributed by atoms with Crippen LogP contribution in [-0.4, -0.2) is 0 Å². The maximum absolute atomic E-state index is 7.23. The summed E-state index contributed by atoms with van der Waals surface area (Å²) in [6.45, 7) is 35.6. The number of para-hydroxylation sites is 4. The van der Waals surface area contributed by atoms with Crippen LogP contribution in [-0.2, 0) is 21.7 Å². The van der Waals surface area contributed by atoms with Gasteiger partial charge in [-0.1, -0.05) is 264 Å². The lowest BCUT2D eigenvalue weighted by molar-refractivity contribution is 0.590.